The normalized spacial score (nSPS) is 18.6. The Morgan fingerprint density at radius 3 is 2.50 bits per heavy atom. The third-order valence-electron chi connectivity index (χ3n) is 3.80. The number of aromatic nitrogens is 2. The molecule has 0 N–H and O–H groups in total. The van der Waals surface area contributed by atoms with Crippen LogP contribution in [0.25, 0.3) is 10.9 Å². The van der Waals surface area contributed by atoms with Crippen LogP contribution in [0.4, 0.5) is 22.0 Å². The van der Waals surface area contributed by atoms with E-state index < -0.39 is 41.9 Å². The molecule has 1 aliphatic rings. The zero-order valence-corrected chi connectivity index (χ0v) is 12.0. The smallest absolute Gasteiger partial charge is 0.332 e. The van der Waals surface area contributed by atoms with E-state index in [9.17, 15) is 31.5 Å². The number of fused-ring (bicyclic) bond motifs is 1. The van der Waals surface area contributed by atoms with E-state index in [1.165, 1.54) is 0 Å². The van der Waals surface area contributed by atoms with E-state index in [1.807, 2.05) is 0 Å². The summed E-state index contributed by atoms with van der Waals surface area (Å²) in [6, 6.07) is 0.247. The van der Waals surface area contributed by atoms with Gasteiger partial charge in [-0.2, -0.15) is 13.2 Å². The number of amides is 1. The molecule has 5 nitrogen and oxygen atoms in total. The molecular formula is C14H10F5N3O2. The number of halogens is 5. The molecule has 1 aromatic heterocycles. The second kappa shape index (κ2) is 5.53. The number of nitrogens with zero attached hydrogens (tertiary/aromatic N) is 3. The van der Waals surface area contributed by atoms with E-state index in [2.05, 4.69) is 4.98 Å². The number of alkyl halides is 3. The SMILES string of the molecule is O=C1[C@H](n2cnc3cc(F)c(F)cc3c2=O)CCN1CC(F)(F)F. The fraction of sp³-hybridized carbons (Fsp3) is 0.357. The van der Waals surface area contributed by atoms with Crippen molar-refractivity contribution in [1.29, 1.82) is 0 Å². The van der Waals surface area contributed by atoms with Gasteiger partial charge in [-0.25, -0.2) is 13.8 Å². The molecule has 0 unspecified atom stereocenters. The van der Waals surface area contributed by atoms with Gasteiger partial charge in [-0.15, -0.1) is 0 Å². The van der Waals surface area contributed by atoms with Crippen LogP contribution in [-0.4, -0.2) is 39.6 Å². The van der Waals surface area contributed by atoms with Gasteiger partial charge < -0.3 is 4.90 Å². The molecule has 1 amide bonds. The molecule has 0 spiro atoms. The van der Waals surface area contributed by atoms with Gasteiger partial charge in [0, 0.05) is 12.6 Å². The minimum Gasteiger partial charge on any atom is -0.332 e. The zero-order chi connectivity index (χ0) is 17.6. The molecule has 3 rings (SSSR count). The minimum absolute atomic E-state index is 0.00825. The van der Waals surface area contributed by atoms with Crippen molar-refractivity contribution >= 4 is 16.8 Å². The highest BCUT2D eigenvalue weighted by atomic mass is 19.4. The monoisotopic (exact) mass is 347 g/mol. The third kappa shape index (κ3) is 2.83. The Balaban J connectivity index is 1.99. The number of likely N-dealkylation sites (tertiary alicyclic amines) is 1. The molecule has 0 saturated carbocycles. The van der Waals surface area contributed by atoms with Crippen LogP contribution < -0.4 is 5.56 Å². The highest BCUT2D eigenvalue weighted by Gasteiger charge is 2.40. The van der Waals surface area contributed by atoms with E-state index in [0.717, 1.165) is 17.0 Å². The van der Waals surface area contributed by atoms with Gasteiger partial charge >= 0.3 is 6.18 Å². The largest absolute Gasteiger partial charge is 0.406 e. The summed E-state index contributed by atoms with van der Waals surface area (Å²) in [6.45, 7) is -1.57. The topological polar surface area (TPSA) is 55.2 Å². The molecule has 2 heterocycles. The molecule has 1 saturated heterocycles. The van der Waals surface area contributed by atoms with Crippen LogP contribution in [-0.2, 0) is 4.79 Å². The predicted octanol–water partition coefficient (Wildman–Crippen LogP) is 2.01. The van der Waals surface area contributed by atoms with Crippen LogP contribution in [0.1, 0.15) is 12.5 Å². The first-order chi connectivity index (χ1) is 11.2. The van der Waals surface area contributed by atoms with Crippen molar-refractivity contribution in [1.82, 2.24) is 14.5 Å². The van der Waals surface area contributed by atoms with Crippen molar-refractivity contribution in [3.63, 3.8) is 0 Å². The Labute approximate surface area is 131 Å². The van der Waals surface area contributed by atoms with Crippen LogP contribution in [0.15, 0.2) is 23.3 Å². The molecule has 0 radical (unpaired) electrons. The van der Waals surface area contributed by atoms with Gasteiger partial charge in [-0.3, -0.25) is 14.2 Å². The number of hydrogen-bond acceptors (Lipinski definition) is 3. The van der Waals surface area contributed by atoms with Crippen molar-refractivity contribution in [3.05, 3.63) is 40.4 Å². The molecule has 1 atom stereocenters. The molecule has 1 aliphatic heterocycles. The summed E-state index contributed by atoms with van der Waals surface area (Å²) in [5.74, 6) is -3.30. The molecule has 10 heteroatoms. The van der Waals surface area contributed by atoms with Crippen LogP contribution in [0.2, 0.25) is 0 Å². The summed E-state index contributed by atoms with van der Waals surface area (Å²) in [7, 11) is 0. The summed E-state index contributed by atoms with van der Waals surface area (Å²) in [5, 5.41) is -0.251. The lowest BCUT2D eigenvalue weighted by Crippen LogP contribution is -2.38. The zero-order valence-electron chi connectivity index (χ0n) is 12.0. The second-order valence-electron chi connectivity index (χ2n) is 5.42. The van der Waals surface area contributed by atoms with Gasteiger partial charge in [-0.1, -0.05) is 0 Å². The lowest BCUT2D eigenvalue weighted by molar-refractivity contribution is -0.158. The maximum atomic E-state index is 13.3. The third-order valence-corrected chi connectivity index (χ3v) is 3.80. The molecular weight excluding hydrogens is 337 g/mol. The van der Waals surface area contributed by atoms with Gasteiger partial charge in [0.05, 0.1) is 17.2 Å². The summed E-state index contributed by atoms with van der Waals surface area (Å²) in [5.41, 5.74) is -0.918. The maximum Gasteiger partial charge on any atom is 0.406 e. The van der Waals surface area contributed by atoms with Gasteiger partial charge in [0.25, 0.3) is 5.56 Å². The Hall–Kier alpha value is -2.52. The molecule has 0 bridgehead atoms. The molecule has 2 aromatic rings. The van der Waals surface area contributed by atoms with Gasteiger partial charge in [0.2, 0.25) is 5.91 Å². The number of hydrogen-bond donors (Lipinski definition) is 0. The lowest BCUT2D eigenvalue weighted by atomic mass is 10.2. The molecule has 128 valence electrons. The van der Waals surface area contributed by atoms with E-state index in [1.54, 1.807) is 0 Å². The Morgan fingerprint density at radius 1 is 1.17 bits per heavy atom. The van der Waals surface area contributed by atoms with Crippen molar-refractivity contribution in [2.75, 3.05) is 13.1 Å². The van der Waals surface area contributed by atoms with Crippen LogP contribution >= 0.6 is 0 Å². The predicted molar refractivity (Wildman–Crippen MR) is 72.2 cm³/mol. The summed E-state index contributed by atoms with van der Waals surface area (Å²) < 4.78 is 64.6. The van der Waals surface area contributed by atoms with Gasteiger partial charge in [0.15, 0.2) is 11.6 Å². The Morgan fingerprint density at radius 2 is 1.83 bits per heavy atom. The summed E-state index contributed by atoms with van der Waals surface area (Å²) >= 11 is 0. The number of carbonyl (C=O) groups excluding carboxylic acids is 1. The highest BCUT2D eigenvalue weighted by molar-refractivity contribution is 5.83. The van der Waals surface area contributed by atoms with E-state index >= 15 is 0 Å². The van der Waals surface area contributed by atoms with Gasteiger partial charge in [-0.05, 0) is 12.5 Å². The average Bonchev–Trinajstić information content (AvgIpc) is 2.81. The number of benzene rings is 1. The van der Waals surface area contributed by atoms with E-state index in [0.29, 0.717) is 11.0 Å². The highest BCUT2D eigenvalue weighted by Crippen LogP contribution is 2.26. The fourth-order valence-electron chi connectivity index (χ4n) is 2.71. The van der Waals surface area contributed by atoms with E-state index in [-0.39, 0.29) is 23.9 Å². The van der Waals surface area contributed by atoms with Crippen LogP contribution in [0, 0.1) is 11.6 Å². The summed E-state index contributed by atoms with van der Waals surface area (Å²) in [4.78, 5) is 28.8. The average molecular weight is 347 g/mol. The van der Waals surface area contributed by atoms with Crippen molar-refractivity contribution < 1.29 is 26.7 Å². The number of rotatable bonds is 2. The second-order valence-corrected chi connectivity index (χ2v) is 5.42. The van der Waals surface area contributed by atoms with E-state index in [4.69, 9.17) is 0 Å². The first-order valence-electron chi connectivity index (χ1n) is 6.89. The minimum atomic E-state index is -4.54. The standard InChI is InChI=1S/C14H10F5N3O2/c15-8-3-7-10(4-9(8)16)20-6-22(12(7)23)11-1-2-21(13(11)24)5-14(17,18)19/h3-4,6,11H,1-2,5H2/t11-/m1/s1. The molecule has 1 aromatic carbocycles. The molecule has 24 heavy (non-hydrogen) atoms. The lowest BCUT2D eigenvalue weighted by Gasteiger charge is -2.19. The first kappa shape index (κ1) is 16.3. The van der Waals surface area contributed by atoms with Crippen molar-refractivity contribution in [3.8, 4) is 0 Å². The molecule has 1 fully saturated rings. The molecule has 0 aliphatic carbocycles. The maximum absolute atomic E-state index is 13.3. The number of carbonyl (C=O) groups is 1. The fourth-order valence-corrected chi connectivity index (χ4v) is 2.71. The van der Waals surface area contributed by atoms with Crippen molar-refractivity contribution in [2.45, 2.75) is 18.6 Å². The van der Waals surface area contributed by atoms with Crippen LogP contribution in [0.3, 0.4) is 0 Å². The summed E-state index contributed by atoms with van der Waals surface area (Å²) in [6.07, 6.45) is -3.59. The van der Waals surface area contributed by atoms with Crippen LogP contribution in [0.5, 0.6) is 0 Å². The Bertz CT molecular complexity index is 877. The quantitative estimate of drug-likeness (QED) is 0.781. The van der Waals surface area contributed by atoms with Crippen molar-refractivity contribution in [2.24, 2.45) is 0 Å². The first-order valence-corrected chi connectivity index (χ1v) is 6.89. The Kier molecular flexibility index (Phi) is 3.77. The van der Waals surface area contributed by atoms with Gasteiger partial charge in [0.1, 0.15) is 12.6 Å².